The first-order valence-electron chi connectivity index (χ1n) is 6.30. The molecule has 2 aromatic carbocycles. The van der Waals surface area contributed by atoms with Gasteiger partial charge in [0.05, 0.1) is 5.56 Å². The summed E-state index contributed by atoms with van der Waals surface area (Å²) < 4.78 is 67.6. The van der Waals surface area contributed by atoms with E-state index in [1.54, 1.807) is 0 Å². The first-order chi connectivity index (χ1) is 10.1. The van der Waals surface area contributed by atoms with Crippen LogP contribution >= 0.6 is 0 Å². The molecule has 0 fully saturated rings. The van der Waals surface area contributed by atoms with Crippen LogP contribution in [0.25, 0.3) is 0 Å². The number of hydrogen-bond donors (Lipinski definition) is 0. The summed E-state index contributed by atoms with van der Waals surface area (Å²) in [6.07, 6.45) is -4.97. The Balaban J connectivity index is 2.57. The quantitative estimate of drug-likeness (QED) is 0.576. The number of ketones is 1. The Morgan fingerprint density at radius 3 is 2.00 bits per heavy atom. The van der Waals surface area contributed by atoms with E-state index < -0.39 is 29.0 Å². The number of carbonyl (C=O) groups is 1. The summed E-state index contributed by atoms with van der Waals surface area (Å²) in [5.41, 5.74) is -3.00. The summed E-state index contributed by atoms with van der Waals surface area (Å²) in [6.45, 7) is 1.36. The van der Waals surface area contributed by atoms with Crippen molar-refractivity contribution in [2.24, 2.45) is 0 Å². The third-order valence-corrected chi connectivity index (χ3v) is 3.14. The third kappa shape index (κ3) is 3.00. The normalized spacial score (nSPS) is 12.3. The van der Waals surface area contributed by atoms with Crippen LogP contribution < -0.4 is 0 Å². The van der Waals surface area contributed by atoms with Crippen LogP contribution in [0.15, 0.2) is 48.5 Å². The van der Waals surface area contributed by atoms with Gasteiger partial charge in [-0.2, -0.15) is 22.0 Å². The van der Waals surface area contributed by atoms with Gasteiger partial charge in [-0.05, 0) is 13.0 Å². The van der Waals surface area contributed by atoms with Gasteiger partial charge in [0.1, 0.15) is 0 Å². The second-order valence-electron chi connectivity index (χ2n) is 4.82. The van der Waals surface area contributed by atoms with Gasteiger partial charge in [0, 0.05) is 11.1 Å². The van der Waals surface area contributed by atoms with Gasteiger partial charge >= 0.3 is 12.1 Å². The maximum Gasteiger partial charge on any atom is 0.416 e. The lowest BCUT2D eigenvalue weighted by molar-refractivity contribution is -0.140. The Morgan fingerprint density at radius 2 is 1.45 bits per heavy atom. The van der Waals surface area contributed by atoms with Crippen LogP contribution in [-0.2, 0) is 12.1 Å². The Bertz CT molecular complexity index is 689. The van der Waals surface area contributed by atoms with Crippen LogP contribution in [0, 0.1) is 6.92 Å². The largest absolute Gasteiger partial charge is 0.416 e. The molecular formula is C16H11F5O. The second-order valence-corrected chi connectivity index (χ2v) is 4.82. The SMILES string of the molecule is Cc1ccc(C(F)(F)C(=O)c2ccccc2)c(C(F)(F)F)c1. The zero-order valence-corrected chi connectivity index (χ0v) is 11.4. The van der Waals surface area contributed by atoms with Crippen LogP contribution in [0.4, 0.5) is 22.0 Å². The van der Waals surface area contributed by atoms with Crippen molar-refractivity contribution in [3.05, 3.63) is 70.8 Å². The van der Waals surface area contributed by atoms with E-state index in [2.05, 4.69) is 0 Å². The number of rotatable bonds is 3. The molecule has 1 nitrogen and oxygen atoms in total. The minimum absolute atomic E-state index is 0.180. The lowest BCUT2D eigenvalue weighted by atomic mass is 9.93. The van der Waals surface area contributed by atoms with Crippen LogP contribution in [-0.4, -0.2) is 5.78 Å². The molecule has 0 aliphatic heterocycles. The molecule has 0 saturated heterocycles. The van der Waals surface area contributed by atoms with E-state index >= 15 is 0 Å². The summed E-state index contributed by atoms with van der Waals surface area (Å²) in [4.78, 5) is 11.9. The fraction of sp³-hybridized carbons (Fsp3) is 0.188. The number of hydrogen-bond acceptors (Lipinski definition) is 1. The molecule has 0 saturated carbocycles. The van der Waals surface area contributed by atoms with Gasteiger partial charge in [-0.25, -0.2) is 0 Å². The lowest BCUT2D eigenvalue weighted by Crippen LogP contribution is -2.29. The highest BCUT2D eigenvalue weighted by Gasteiger charge is 2.47. The van der Waals surface area contributed by atoms with Crippen molar-refractivity contribution >= 4 is 5.78 Å². The number of aryl methyl sites for hydroxylation is 1. The zero-order valence-electron chi connectivity index (χ0n) is 11.4. The predicted molar refractivity (Wildman–Crippen MR) is 70.8 cm³/mol. The van der Waals surface area contributed by atoms with Crippen molar-refractivity contribution in [2.75, 3.05) is 0 Å². The van der Waals surface area contributed by atoms with Gasteiger partial charge < -0.3 is 0 Å². The topological polar surface area (TPSA) is 17.1 Å². The molecule has 0 bridgehead atoms. The van der Waals surface area contributed by atoms with E-state index in [1.165, 1.54) is 25.1 Å². The van der Waals surface area contributed by atoms with Crippen LogP contribution in [0.3, 0.4) is 0 Å². The molecule has 0 aliphatic rings. The van der Waals surface area contributed by atoms with Gasteiger partial charge in [0.25, 0.3) is 0 Å². The van der Waals surface area contributed by atoms with Crippen molar-refractivity contribution in [2.45, 2.75) is 19.0 Å². The van der Waals surface area contributed by atoms with Crippen LogP contribution in [0.2, 0.25) is 0 Å². The first kappa shape index (κ1) is 16.1. The third-order valence-electron chi connectivity index (χ3n) is 3.14. The molecule has 116 valence electrons. The van der Waals surface area contributed by atoms with Gasteiger partial charge in [-0.15, -0.1) is 0 Å². The molecule has 22 heavy (non-hydrogen) atoms. The standard InChI is InChI=1S/C16H11F5O/c1-10-7-8-12(13(9-10)16(19,20)21)15(17,18)14(22)11-5-3-2-4-6-11/h2-9H,1H3. The summed E-state index contributed by atoms with van der Waals surface area (Å²) in [5.74, 6) is -5.93. The Hall–Kier alpha value is -2.24. The lowest BCUT2D eigenvalue weighted by Gasteiger charge is -2.21. The van der Waals surface area contributed by atoms with E-state index in [0.717, 1.165) is 18.2 Å². The van der Waals surface area contributed by atoms with Crippen molar-refractivity contribution < 1.29 is 26.7 Å². The average molecular weight is 314 g/mol. The van der Waals surface area contributed by atoms with E-state index in [4.69, 9.17) is 0 Å². The molecule has 6 heteroatoms. The second kappa shape index (κ2) is 5.51. The Labute approximate surface area is 123 Å². The maximum absolute atomic E-state index is 14.3. The highest BCUT2D eigenvalue weighted by Crippen LogP contribution is 2.41. The van der Waals surface area contributed by atoms with Crippen LogP contribution in [0.5, 0.6) is 0 Å². The molecular weight excluding hydrogens is 303 g/mol. The molecule has 0 amide bonds. The van der Waals surface area contributed by atoms with Gasteiger partial charge in [0.15, 0.2) is 0 Å². The van der Waals surface area contributed by atoms with Crippen molar-refractivity contribution in [1.82, 2.24) is 0 Å². The van der Waals surface area contributed by atoms with Crippen LogP contribution in [0.1, 0.15) is 27.0 Å². The summed E-state index contributed by atoms with van der Waals surface area (Å²) in [6, 6.07) is 8.90. The Morgan fingerprint density at radius 1 is 0.864 bits per heavy atom. The van der Waals surface area contributed by atoms with Crippen molar-refractivity contribution in [1.29, 1.82) is 0 Å². The van der Waals surface area contributed by atoms with E-state index in [9.17, 15) is 26.7 Å². The fourth-order valence-electron chi connectivity index (χ4n) is 2.06. The molecule has 0 aromatic heterocycles. The number of Topliss-reactive ketones (excluding diaryl/α,β-unsaturated/α-hetero) is 1. The van der Waals surface area contributed by atoms with E-state index in [0.29, 0.717) is 12.1 Å². The van der Waals surface area contributed by atoms with Crippen molar-refractivity contribution in [3.63, 3.8) is 0 Å². The molecule has 2 aromatic rings. The molecule has 0 unspecified atom stereocenters. The van der Waals surface area contributed by atoms with Gasteiger partial charge in [0.2, 0.25) is 5.78 Å². The van der Waals surface area contributed by atoms with Gasteiger partial charge in [-0.3, -0.25) is 4.79 Å². The minimum Gasteiger partial charge on any atom is -0.287 e. The average Bonchev–Trinajstić information content (AvgIpc) is 2.46. The number of halogens is 5. The first-order valence-corrected chi connectivity index (χ1v) is 6.30. The highest BCUT2D eigenvalue weighted by molar-refractivity contribution is 6.02. The number of carbonyl (C=O) groups excluding carboxylic acids is 1. The van der Waals surface area contributed by atoms with Crippen molar-refractivity contribution in [3.8, 4) is 0 Å². The maximum atomic E-state index is 14.3. The Kier molecular flexibility index (Phi) is 4.04. The molecule has 2 rings (SSSR count). The predicted octanol–water partition coefficient (Wildman–Crippen LogP) is 4.99. The van der Waals surface area contributed by atoms with E-state index in [-0.39, 0.29) is 11.1 Å². The summed E-state index contributed by atoms with van der Waals surface area (Å²) >= 11 is 0. The molecule has 0 atom stereocenters. The number of alkyl halides is 5. The zero-order chi connectivity index (χ0) is 16.5. The molecule has 0 aliphatic carbocycles. The molecule has 0 radical (unpaired) electrons. The fourth-order valence-corrected chi connectivity index (χ4v) is 2.06. The molecule has 0 N–H and O–H groups in total. The van der Waals surface area contributed by atoms with E-state index in [1.807, 2.05) is 0 Å². The molecule has 0 spiro atoms. The smallest absolute Gasteiger partial charge is 0.287 e. The molecule has 0 heterocycles. The minimum atomic E-state index is -4.97. The summed E-state index contributed by atoms with van der Waals surface area (Å²) in [5, 5.41) is 0. The monoisotopic (exact) mass is 314 g/mol. The van der Waals surface area contributed by atoms with Gasteiger partial charge in [-0.1, -0.05) is 48.0 Å². The highest BCUT2D eigenvalue weighted by atomic mass is 19.4. The number of benzene rings is 2. The summed E-state index contributed by atoms with van der Waals surface area (Å²) in [7, 11) is 0.